The van der Waals surface area contributed by atoms with Gasteiger partial charge >= 0.3 is 12.1 Å². The van der Waals surface area contributed by atoms with Gasteiger partial charge in [0.25, 0.3) is 0 Å². The third kappa shape index (κ3) is 3.93. The predicted octanol–water partition coefficient (Wildman–Crippen LogP) is 1.69. The molecule has 1 aromatic rings. The molecule has 110 valence electrons. The van der Waals surface area contributed by atoms with Crippen LogP contribution in [0.25, 0.3) is 0 Å². The molecule has 1 heterocycles. The molecule has 1 unspecified atom stereocenters. The van der Waals surface area contributed by atoms with Crippen LogP contribution in [0.2, 0.25) is 0 Å². The van der Waals surface area contributed by atoms with Gasteiger partial charge in [-0.1, -0.05) is 12.1 Å². The number of rotatable bonds is 1. The number of alkyl halides is 3. The van der Waals surface area contributed by atoms with E-state index in [1.807, 2.05) is 24.3 Å². The highest BCUT2D eigenvalue weighted by molar-refractivity contribution is 5.82. The molecule has 6 nitrogen and oxygen atoms in total. The molecule has 0 fully saturated rings. The fraction of sp³-hybridized carbons (Fsp3) is 0.273. The van der Waals surface area contributed by atoms with Crippen molar-refractivity contribution in [1.29, 1.82) is 0 Å². The zero-order valence-corrected chi connectivity index (χ0v) is 10.3. The van der Waals surface area contributed by atoms with Crippen LogP contribution in [0.15, 0.2) is 29.3 Å². The molecule has 1 aliphatic rings. The monoisotopic (exact) mass is 291 g/mol. The van der Waals surface area contributed by atoms with Crippen LogP contribution in [0, 0.1) is 0 Å². The van der Waals surface area contributed by atoms with E-state index in [0.29, 0.717) is 0 Å². The summed E-state index contributed by atoms with van der Waals surface area (Å²) in [5, 5.41) is 8.75. The van der Waals surface area contributed by atoms with Gasteiger partial charge in [-0.2, -0.15) is 13.2 Å². The molecule has 0 saturated carbocycles. The second kappa shape index (κ2) is 6.35. The molecule has 0 aromatic heterocycles. The molecule has 1 aromatic carbocycles. The minimum atomic E-state index is -5.08. The minimum absolute atomic E-state index is 0.306. The summed E-state index contributed by atoms with van der Waals surface area (Å²) in [7, 11) is 1.59. The van der Waals surface area contributed by atoms with Crippen LogP contribution in [-0.4, -0.2) is 36.7 Å². The largest absolute Gasteiger partial charge is 0.490 e. The molecular formula is C11H12F3N3O3. The van der Waals surface area contributed by atoms with Crippen molar-refractivity contribution in [1.82, 2.24) is 0 Å². The average molecular weight is 291 g/mol. The topological polar surface area (TPSA) is 88.1 Å². The van der Waals surface area contributed by atoms with Crippen molar-refractivity contribution in [3.05, 3.63) is 24.3 Å². The number of nitrogens with zero attached hydrogens (tertiary/aromatic N) is 2. The molecule has 1 atom stereocenters. The molecule has 20 heavy (non-hydrogen) atoms. The number of carboxylic acid groups (broad SMARTS) is 1. The Hall–Kier alpha value is -2.13. The number of aliphatic imine (C=N–C) groups is 1. The number of aliphatic carboxylic acids is 1. The number of halogens is 3. The van der Waals surface area contributed by atoms with E-state index in [0.717, 1.165) is 11.4 Å². The SMILES string of the molecule is CON1c2ccccc2N=CC1N.O=C(O)C(F)(F)F. The second-order valence-corrected chi connectivity index (χ2v) is 3.57. The van der Waals surface area contributed by atoms with Crippen molar-refractivity contribution in [2.75, 3.05) is 12.2 Å². The lowest BCUT2D eigenvalue weighted by Gasteiger charge is -2.29. The molecule has 3 N–H and O–H groups in total. The van der Waals surface area contributed by atoms with Gasteiger partial charge in [-0.05, 0) is 12.1 Å². The number of para-hydroxylation sites is 2. The standard InChI is InChI=1S/C9H11N3O.C2HF3O2/c1-13-12-8-5-3-2-4-7(8)11-6-9(12)10;3-2(4,5)1(6)7/h2-6,9H,10H2,1H3;(H,6,7). The van der Waals surface area contributed by atoms with Gasteiger partial charge in [0.05, 0.1) is 18.5 Å². The van der Waals surface area contributed by atoms with Crippen LogP contribution in [0.5, 0.6) is 0 Å². The summed E-state index contributed by atoms with van der Waals surface area (Å²) in [6.45, 7) is 0. The van der Waals surface area contributed by atoms with Crippen molar-refractivity contribution in [3.8, 4) is 0 Å². The van der Waals surface area contributed by atoms with E-state index < -0.39 is 12.1 Å². The smallest absolute Gasteiger partial charge is 0.475 e. The lowest BCUT2D eigenvalue weighted by molar-refractivity contribution is -0.192. The highest BCUT2D eigenvalue weighted by Gasteiger charge is 2.38. The summed E-state index contributed by atoms with van der Waals surface area (Å²) in [6.07, 6.45) is -3.73. The molecule has 0 saturated heterocycles. The fourth-order valence-electron chi connectivity index (χ4n) is 1.36. The van der Waals surface area contributed by atoms with E-state index in [9.17, 15) is 13.2 Å². The Kier molecular flexibility index (Phi) is 5.06. The third-order valence-electron chi connectivity index (χ3n) is 2.20. The first-order valence-corrected chi connectivity index (χ1v) is 5.29. The van der Waals surface area contributed by atoms with E-state index in [4.69, 9.17) is 20.5 Å². The average Bonchev–Trinajstić information content (AvgIpc) is 2.38. The van der Waals surface area contributed by atoms with Crippen molar-refractivity contribution in [2.45, 2.75) is 12.3 Å². The van der Waals surface area contributed by atoms with Crippen LogP contribution < -0.4 is 10.8 Å². The fourth-order valence-corrected chi connectivity index (χ4v) is 1.36. The second-order valence-electron chi connectivity index (χ2n) is 3.57. The zero-order chi connectivity index (χ0) is 15.3. The third-order valence-corrected chi connectivity index (χ3v) is 2.20. The number of carbonyl (C=O) groups is 1. The van der Waals surface area contributed by atoms with Gasteiger partial charge in [0.1, 0.15) is 6.17 Å². The van der Waals surface area contributed by atoms with Crippen molar-refractivity contribution < 1.29 is 27.9 Å². The highest BCUT2D eigenvalue weighted by Crippen LogP contribution is 2.31. The number of benzene rings is 1. The van der Waals surface area contributed by atoms with Gasteiger partial charge in [-0.3, -0.25) is 9.83 Å². The van der Waals surface area contributed by atoms with Gasteiger partial charge in [-0.15, -0.1) is 0 Å². The van der Waals surface area contributed by atoms with E-state index in [2.05, 4.69) is 4.99 Å². The van der Waals surface area contributed by atoms with Gasteiger partial charge in [0, 0.05) is 6.21 Å². The Balaban J connectivity index is 0.000000246. The van der Waals surface area contributed by atoms with Crippen LogP contribution in [0.3, 0.4) is 0 Å². The van der Waals surface area contributed by atoms with Gasteiger partial charge in [-0.25, -0.2) is 9.86 Å². The maximum Gasteiger partial charge on any atom is 0.490 e. The van der Waals surface area contributed by atoms with Crippen LogP contribution >= 0.6 is 0 Å². The number of hydrogen-bond acceptors (Lipinski definition) is 5. The molecule has 9 heteroatoms. The number of fused-ring (bicyclic) bond motifs is 1. The van der Waals surface area contributed by atoms with Crippen molar-refractivity contribution in [2.24, 2.45) is 10.7 Å². The first kappa shape index (κ1) is 15.9. The van der Waals surface area contributed by atoms with Crippen LogP contribution in [0.4, 0.5) is 24.5 Å². The summed E-state index contributed by atoms with van der Waals surface area (Å²) in [5.74, 6) is -2.76. The summed E-state index contributed by atoms with van der Waals surface area (Å²) in [4.78, 5) is 18.2. The molecule has 0 spiro atoms. The number of carboxylic acids is 1. The Morgan fingerprint density at radius 3 is 2.50 bits per heavy atom. The number of anilines is 1. The molecule has 0 radical (unpaired) electrons. The quantitative estimate of drug-likeness (QED) is 0.822. The lowest BCUT2D eigenvalue weighted by Crippen LogP contribution is -2.44. The summed E-state index contributed by atoms with van der Waals surface area (Å²) >= 11 is 0. The van der Waals surface area contributed by atoms with E-state index >= 15 is 0 Å². The van der Waals surface area contributed by atoms with E-state index in [1.54, 1.807) is 18.4 Å². The summed E-state index contributed by atoms with van der Waals surface area (Å²) in [6, 6.07) is 7.71. The van der Waals surface area contributed by atoms with Gasteiger partial charge < -0.3 is 10.8 Å². The van der Waals surface area contributed by atoms with Gasteiger partial charge in [0.15, 0.2) is 0 Å². The molecule has 2 rings (SSSR count). The molecule has 0 bridgehead atoms. The number of hydroxylamine groups is 1. The van der Waals surface area contributed by atoms with E-state index in [-0.39, 0.29) is 6.17 Å². The molecule has 0 amide bonds. The molecule has 1 aliphatic heterocycles. The summed E-state index contributed by atoms with van der Waals surface area (Å²) in [5.41, 5.74) is 7.54. The number of nitrogens with two attached hydrogens (primary N) is 1. The Morgan fingerprint density at radius 2 is 2.00 bits per heavy atom. The maximum absolute atomic E-state index is 10.6. The first-order chi connectivity index (χ1) is 9.27. The van der Waals surface area contributed by atoms with Crippen LogP contribution in [0.1, 0.15) is 0 Å². The zero-order valence-electron chi connectivity index (χ0n) is 10.3. The molecule has 0 aliphatic carbocycles. The summed E-state index contributed by atoms with van der Waals surface area (Å²) < 4.78 is 31.7. The Bertz CT molecular complexity index is 505. The first-order valence-electron chi connectivity index (χ1n) is 5.29. The van der Waals surface area contributed by atoms with Crippen molar-refractivity contribution >= 4 is 23.6 Å². The predicted molar refractivity (Wildman–Crippen MR) is 65.7 cm³/mol. The van der Waals surface area contributed by atoms with E-state index in [1.165, 1.54) is 0 Å². The Labute approximate surface area is 112 Å². The van der Waals surface area contributed by atoms with Crippen LogP contribution in [-0.2, 0) is 9.63 Å². The normalized spacial score (nSPS) is 17.1. The number of hydrogen-bond donors (Lipinski definition) is 2. The Morgan fingerprint density at radius 1 is 1.45 bits per heavy atom. The maximum atomic E-state index is 10.6. The minimum Gasteiger partial charge on any atom is -0.475 e. The van der Waals surface area contributed by atoms with Gasteiger partial charge in [0.2, 0.25) is 0 Å². The van der Waals surface area contributed by atoms with Crippen molar-refractivity contribution in [3.63, 3.8) is 0 Å². The highest BCUT2D eigenvalue weighted by atomic mass is 19.4. The lowest BCUT2D eigenvalue weighted by atomic mass is 10.2. The molecular weight excluding hydrogens is 279 g/mol.